The van der Waals surface area contributed by atoms with Gasteiger partial charge >= 0.3 is 0 Å². The van der Waals surface area contributed by atoms with E-state index in [1.54, 1.807) is 0 Å². The quantitative estimate of drug-likeness (QED) is 0.718. The van der Waals surface area contributed by atoms with E-state index in [0.29, 0.717) is 23.6 Å². The van der Waals surface area contributed by atoms with E-state index in [0.717, 1.165) is 41.6 Å². The average molecular weight is 395 g/mol. The average Bonchev–Trinajstić information content (AvgIpc) is 3.22. The van der Waals surface area contributed by atoms with Gasteiger partial charge in [-0.05, 0) is 80.7 Å². The van der Waals surface area contributed by atoms with Crippen molar-refractivity contribution in [3.63, 3.8) is 0 Å². The van der Waals surface area contributed by atoms with E-state index in [9.17, 15) is 5.11 Å². The van der Waals surface area contributed by atoms with Crippen LogP contribution in [0.1, 0.15) is 55.1 Å². The molecule has 6 nitrogen and oxygen atoms in total. The molecular weight excluding hydrogens is 364 g/mol. The predicted molar refractivity (Wildman–Crippen MR) is 113 cm³/mol. The Bertz CT molecular complexity index is 1040. The Kier molecular flexibility index (Phi) is 4.85. The summed E-state index contributed by atoms with van der Waals surface area (Å²) < 4.78 is 7.60. The van der Waals surface area contributed by atoms with Crippen LogP contribution in [0.15, 0.2) is 16.7 Å². The molecule has 1 aliphatic rings. The monoisotopic (exact) mass is 394 g/mol. The third-order valence-electron chi connectivity index (χ3n) is 6.05. The molecule has 1 unspecified atom stereocenters. The van der Waals surface area contributed by atoms with E-state index in [4.69, 9.17) is 9.62 Å². The van der Waals surface area contributed by atoms with Crippen molar-refractivity contribution < 1.29 is 9.63 Å². The maximum Gasteiger partial charge on any atom is 0.279 e. The molecule has 0 aliphatic heterocycles. The lowest BCUT2D eigenvalue weighted by molar-refractivity contribution is 0.195. The van der Waals surface area contributed by atoms with Crippen LogP contribution < -0.4 is 0 Å². The summed E-state index contributed by atoms with van der Waals surface area (Å²) >= 11 is 0. The van der Waals surface area contributed by atoms with Crippen molar-refractivity contribution in [2.75, 3.05) is 0 Å². The molecule has 0 bridgehead atoms. The summed E-state index contributed by atoms with van der Waals surface area (Å²) in [4.78, 5) is 4.68. The number of benzene rings is 1. The summed E-state index contributed by atoms with van der Waals surface area (Å²) in [5.41, 5.74) is 7.97. The molecule has 29 heavy (non-hydrogen) atoms. The topological polar surface area (TPSA) is 77.0 Å². The minimum Gasteiger partial charge on any atom is -0.393 e. The van der Waals surface area contributed by atoms with Crippen LogP contribution >= 0.6 is 0 Å². The highest BCUT2D eigenvalue weighted by atomic mass is 16.5. The molecule has 2 aromatic heterocycles. The van der Waals surface area contributed by atoms with E-state index < -0.39 is 0 Å². The Hall–Kier alpha value is -2.47. The summed E-state index contributed by atoms with van der Waals surface area (Å²) in [5, 5.41) is 18.7. The smallest absolute Gasteiger partial charge is 0.279 e. The third kappa shape index (κ3) is 3.73. The van der Waals surface area contributed by atoms with Crippen molar-refractivity contribution in [1.29, 1.82) is 0 Å². The number of aliphatic hydroxyl groups excluding tert-OH is 1. The molecule has 4 rings (SSSR count). The zero-order valence-electron chi connectivity index (χ0n) is 18.2. The summed E-state index contributed by atoms with van der Waals surface area (Å²) in [5.74, 6) is 1.06. The highest BCUT2D eigenvalue weighted by molar-refractivity contribution is 5.63. The van der Waals surface area contributed by atoms with Crippen LogP contribution in [0.3, 0.4) is 0 Å². The molecule has 0 radical (unpaired) electrons. The Morgan fingerprint density at radius 2 is 1.93 bits per heavy atom. The van der Waals surface area contributed by atoms with E-state index in [1.165, 1.54) is 16.8 Å². The lowest BCUT2D eigenvalue weighted by atomic mass is 9.76. The van der Waals surface area contributed by atoms with Crippen LogP contribution in [0.2, 0.25) is 0 Å². The van der Waals surface area contributed by atoms with Crippen LogP contribution in [0, 0.1) is 19.3 Å². The van der Waals surface area contributed by atoms with Gasteiger partial charge in [0.1, 0.15) is 0 Å². The van der Waals surface area contributed by atoms with Crippen molar-refractivity contribution in [3.05, 3.63) is 40.1 Å². The molecule has 0 spiro atoms. The van der Waals surface area contributed by atoms with Crippen molar-refractivity contribution in [1.82, 2.24) is 19.9 Å². The second kappa shape index (κ2) is 7.10. The molecule has 0 amide bonds. The molecule has 1 N–H and O–H groups in total. The molecule has 1 aromatic carbocycles. The molecule has 154 valence electrons. The molecule has 0 fully saturated rings. The largest absolute Gasteiger partial charge is 0.393 e. The van der Waals surface area contributed by atoms with Crippen LogP contribution in [-0.4, -0.2) is 31.1 Å². The lowest BCUT2D eigenvalue weighted by Crippen LogP contribution is -2.23. The number of hydrogen-bond donors (Lipinski definition) is 1. The van der Waals surface area contributed by atoms with Crippen LogP contribution in [0.5, 0.6) is 0 Å². The second-order valence-corrected chi connectivity index (χ2v) is 9.30. The second-order valence-electron chi connectivity index (χ2n) is 9.30. The number of hydrogen-bond acceptors (Lipinski definition) is 5. The van der Waals surface area contributed by atoms with Crippen LogP contribution in [-0.2, 0) is 26.3 Å². The van der Waals surface area contributed by atoms with Gasteiger partial charge in [0, 0.05) is 23.9 Å². The van der Waals surface area contributed by atoms with Gasteiger partial charge in [0.15, 0.2) is 5.69 Å². The maximum absolute atomic E-state index is 9.75. The minimum absolute atomic E-state index is 0.293. The number of rotatable bonds is 4. The number of aliphatic hydroxyl groups is 1. The van der Waals surface area contributed by atoms with E-state index in [-0.39, 0.29) is 6.10 Å². The molecule has 0 saturated heterocycles. The molecule has 2 heterocycles. The first-order chi connectivity index (χ1) is 13.6. The SMILES string of the molecule is Cc1cc(-c2noc(-c3nn(C)c4c3CCC(C)(C)C4)n2)cc(C)c1CC(C)O. The summed E-state index contributed by atoms with van der Waals surface area (Å²) in [7, 11) is 1.99. The zero-order valence-corrected chi connectivity index (χ0v) is 18.2. The molecule has 1 atom stereocenters. The third-order valence-corrected chi connectivity index (χ3v) is 6.05. The maximum atomic E-state index is 9.75. The van der Waals surface area contributed by atoms with Crippen LogP contribution in [0.4, 0.5) is 0 Å². The van der Waals surface area contributed by atoms with Crippen molar-refractivity contribution in [2.45, 2.75) is 66.4 Å². The molecule has 3 aromatic rings. The van der Waals surface area contributed by atoms with Gasteiger partial charge in [-0.1, -0.05) is 19.0 Å². The first-order valence-corrected chi connectivity index (χ1v) is 10.3. The predicted octanol–water partition coefficient (Wildman–Crippen LogP) is 4.19. The van der Waals surface area contributed by atoms with Crippen LogP contribution in [0.25, 0.3) is 23.0 Å². The number of nitrogens with zero attached hydrogens (tertiary/aromatic N) is 4. The zero-order chi connectivity index (χ0) is 20.9. The Morgan fingerprint density at radius 3 is 2.59 bits per heavy atom. The van der Waals surface area contributed by atoms with E-state index in [2.05, 4.69) is 50.0 Å². The number of fused-ring (bicyclic) bond motifs is 1. The molecule has 6 heteroatoms. The molecular formula is C23H30N4O2. The summed E-state index contributed by atoms with van der Waals surface area (Å²) in [6, 6.07) is 4.13. The van der Waals surface area contributed by atoms with Gasteiger partial charge in [0.05, 0.1) is 6.10 Å². The summed E-state index contributed by atoms with van der Waals surface area (Å²) in [6.07, 6.45) is 3.40. The van der Waals surface area contributed by atoms with Gasteiger partial charge in [0.25, 0.3) is 5.89 Å². The number of aromatic nitrogens is 4. The van der Waals surface area contributed by atoms with Crippen molar-refractivity contribution in [2.24, 2.45) is 12.5 Å². The van der Waals surface area contributed by atoms with Crippen molar-refractivity contribution in [3.8, 4) is 23.0 Å². The van der Waals surface area contributed by atoms with Gasteiger partial charge in [-0.2, -0.15) is 10.1 Å². The normalized spacial score (nSPS) is 16.7. The standard InChI is InChI=1S/C23H30N4O2/c1-13-9-16(10-14(2)18(13)11-15(3)28)21-24-22(29-26-21)20-17-7-8-23(4,5)12-19(17)27(6)25-20/h9-10,15,28H,7-8,11-12H2,1-6H3. The minimum atomic E-state index is -0.365. The Balaban J connectivity index is 1.69. The van der Waals surface area contributed by atoms with Gasteiger partial charge in [-0.15, -0.1) is 0 Å². The van der Waals surface area contributed by atoms with E-state index >= 15 is 0 Å². The Morgan fingerprint density at radius 1 is 1.24 bits per heavy atom. The van der Waals surface area contributed by atoms with Gasteiger partial charge in [0.2, 0.25) is 5.82 Å². The highest BCUT2D eigenvalue weighted by Gasteiger charge is 2.32. The number of aryl methyl sites for hydroxylation is 3. The van der Waals surface area contributed by atoms with Gasteiger partial charge in [-0.25, -0.2) is 0 Å². The first-order valence-electron chi connectivity index (χ1n) is 10.3. The molecule has 1 aliphatic carbocycles. The Labute approximate surface area is 172 Å². The highest BCUT2D eigenvalue weighted by Crippen LogP contribution is 2.38. The molecule has 0 saturated carbocycles. The first kappa shape index (κ1) is 19.8. The van der Waals surface area contributed by atoms with Crippen molar-refractivity contribution >= 4 is 0 Å². The fraction of sp³-hybridized carbons (Fsp3) is 0.522. The van der Waals surface area contributed by atoms with Gasteiger partial charge < -0.3 is 9.63 Å². The lowest BCUT2D eigenvalue weighted by Gasteiger charge is -2.29. The van der Waals surface area contributed by atoms with Gasteiger partial charge in [-0.3, -0.25) is 4.68 Å². The fourth-order valence-electron chi connectivity index (χ4n) is 4.44. The van der Waals surface area contributed by atoms with E-state index in [1.807, 2.05) is 18.7 Å². The fourth-order valence-corrected chi connectivity index (χ4v) is 4.44. The summed E-state index contributed by atoms with van der Waals surface area (Å²) in [6.45, 7) is 10.5.